The summed E-state index contributed by atoms with van der Waals surface area (Å²) in [5.41, 5.74) is 5.23. The smallest absolute Gasteiger partial charge is 0.314 e. The van der Waals surface area contributed by atoms with Crippen LogP contribution in [0.15, 0.2) is 0 Å². The van der Waals surface area contributed by atoms with Crippen LogP contribution in [0.25, 0.3) is 0 Å². The monoisotopic (exact) mass is 173 g/mol. The van der Waals surface area contributed by atoms with E-state index in [9.17, 15) is 9.59 Å². The van der Waals surface area contributed by atoms with Crippen molar-refractivity contribution < 1.29 is 14.7 Å². The van der Waals surface area contributed by atoms with Crippen LogP contribution in [0, 0.1) is 5.92 Å². The number of carboxylic acids is 1. The largest absolute Gasteiger partial charge is 0.481 e. The van der Waals surface area contributed by atoms with E-state index >= 15 is 0 Å². The molecular weight excluding hydrogens is 158 g/mol. The van der Waals surface area contributed by atoms with E-state index in [2.05, 4.69) is 0 Å². The molecule has 4 heteroatoms. The van der Waals surface area contributed by atoms with Crippen LogP contribution in [0.4, 0.5) is 0 Å². The summed E-state index contributed by atoms with van der Waals surface area (Å²) in [7, 11) is 0. The number of hydrogen-bond donors (Lipinski definition) is 2. The highest BCUT2D eigenvalue weighted by Crippen LogP contribution is 2.09. The number of hydrogen-bond acceptors (Lipinski definition) is 3. The molecule has 0 aliphatic carbocycles. The quantitative estimate of drug-likeness (QED) is 0.450. The van der Waals surface area contributed by atoms with Crippen LogP contribution in [0.3, 0.4) is 0 Å². The molecule has 0 saturated heterocycles. The highest BCUT2D eigenvalue weighted by Gasteiger charge is 2.21. The molecule has 0 heterocycles. The molecule has 0 aromatic carbocycles. The molecule has 3 N–H and O–H groups in total. The number of ketones is 1. The molecule has 0 aliphatic rings. The second kappa shape index (κ2) is 5.71. The molecule has 70 valence electrons. The van der Waals surface area contributed by atoms with Crippen LogP contribution >= 0.6 is 0 Å². The Hall–Kier alpha value is -0.900. The van der Waals surface area contributed by atoms with E-state index in [4.69, 9.17) is 10.8 Å². The third kappa shape index (κ3) is 4.08. The lowest BCUT2D eigenvalue weighted by Gasteiger charge is -2.06. The van der Waals surface area contributed by atoms with Gasteiger partial charge in [0.25, 0.3) is 0 Å². The van der Waals surface area contributed by atoms with E-state index in [1.165, 1.54) is 6.92 Å². The third-order valence-corrected chi connectivity index (χ3v) is 1.74. The SMILES string of the molecule is CC(=O)[C@@H](CCCCN)C(=O)O. The van der Waals surface area contributed by atoms with Crippen molar-refractivity contribution in [2.24, 2.45) is 11.7 Å². The van der Waals surface area contributed by atoms with Gasteiger partial charge in [0.15, 0.2) is 0 Å². The molecular formula is C8H15NO3. The van der Waals surface area contributed by atoms with Gasteiger partial charge in [0.1, 0.15) is 11.7 Å². The highest BCUT2D eigenvalue weighted by atomic mass is 16.4. The molecule has 0 radical (unpaired) electrons. The molecule has 0 aliphatic heterocycles. The number of carbonyl (C=O) groups excluding carboxylic acids is 1. The average Bonchev–Trinajstić information content (AvgIpc) is 1.96. The van der Waals surface area contributed by atoms with Crippen LogP contribution in [-0.2, 0) is 9.59 Å². The zero-order valence-corrected chi connectivity index (χ0v) is 7.25. The maximum Gasteiger partial charge on any atom is 0.314 e. The van der Waals surface area contributed by atoms with Gasteiger partial charge >= 0.3 is 5.97 Å². The van der Waals surface area contributed by atoms with Gasteiger partial charge in [-0.1, -0.05) is 6.42 Å². The van der Waals surface area contributed by atoms with Crippen molar-refractivity contribution in [3.05, 3.63) is 0 Å². The predicted molar refractivity (Wildman–Crippen MR) is 44.7 cm³/mol. The molecule has 0 rings (SSSR count). The molecule has 1 atom stereocenters. The van der Waals surface area contributed by atoms with Gasteiger partial charge in [-0.25, -0.2) is 0 Å². The highest BCUT2D eigenvalue weighted by molar-refractivity contribution is 5.96. The number of rotatable bonds is 6. The Morgan fingerprint density at radius 1 is 1.42 bits per heavy atom. The molecule has 4 nitrogen and oxygen atoms in total. The molecule has 0 spiro atoms. The second-order valence-electron chi connectivity index (χ2n) is 2.79. The fraction of sp³-hybridized carbons (Fsp3) is 0.750. The van der Waals surface area contributed by atoms with Gasteiger partial charge in [-0.2, -0.15) is 0 Å². The Bertz CT molecular complexity index is 154. The van der Waals surface area contributed by atoms with Crippen molar-refractivity contribution in [2.45, 2.75) is 26.2 Å². The van der Waals surface area contributed by atoms with E-state index in [-0.39, 0.29) is 5.78 Å². The minimum absolute atomic E-state index is 0.278. The lowest BCUT2D eigenvalue weighted by molar-refractivity contribution is -0.146. The van der Waals surface area contributed by atoms with Crippen molar-refractivity contribution in [1.29, 1.82) is 0 Å². The first-order valence-electron chi connectivity index (χ1n) is 4.03. The Kier molecular flexibility index (Phi) is 5.28. The van der Waals surface area contributed by atoms with Crippen molar-refractivity contribution in [2.75, 3.05) is 6.54 Å². The van der Waals surface area contributed by atoms with Gasteiger partial charge in [0, 0.05) is 0 Å². The van der Waals surface area contributed by atoms with Gasteiger partial charge in [0.2, 0.25) is 0 Å². The first-order chi connectivity index (χ1) is 5.59. The topological polar surface area (TPSA) is 80.4 Å². The molecule has 0 aromatic rings. The van der Waals surface area contributed by atoms with Crippen LogP contribution in [0.5, 0.6) is 0 Å². The standard InChI is InChI=1S/C8H15NO3/c1-6(10)7(8(11)12)4-2-3-5-9/h7H,2-5,9H2,1H3,(H,11,12)/t7-/m1/s1. The molecule has 0 bridgehead atoms. The van der Waals surface area contributed by atoms with Crippen molar-refractivity contribution in [1.82, 2.24) is 0 Å². The zero-order valence-electron chi connectivity index (χ0n) is 7.25. The number of nitrogens with two attached hydrogens (primary N) is 1. The third-order valence-electron chi connectivity index (χ3n) is 1.74. The molecule has 12 heavy (non-hydrogen) atoms. The zero-order chi connectivity index (χ0) is 9.56. The van der Waals surface area contributed by atoms with Gasteiger partial charge in [-0.3, -0.25) is 9.59 Å². The summed E-state index contributed by atoms with van der Waals surface area (Å²) in [4.78, 5) is 21.3. The predicted octanol–water partition coefficient (Wildman–Crippen LogP) is 0.405. The summed E-state index contributed by atoms with van der Waals surface area (Å²) in [5.74, 6) is -2.14. The lowest BCUT2D eigenvalue weighted by atomic mass is 9.98. The summed E-state index contributed by atoms with van der Waals surface area (Å²) < 4.78 is 0. The number of unbranched alkanes of at least 4 members (excludes halogenated alkanes) is 1. The number of carbonyl (C=O) groups is 2. The van der Waals surface area contributed by atoms with Crippen molar-refractivity contribution in [3.8, 4) is 0 Å². The normalized spacial score (nSPS) is 12.5. The van der Waals surface area contributed by atoms with E-state index in [1.54, 1.807) is 0 Å². The summed E-state index contributed by atoms with van der Waals surface area (Å²) in [6.07, 6.45) is 1.88. The first kappa shape index (κ1) is 11.1. The Labute approximate surface area is 71.8 Å². The van der Waals surface area contributed by atoms with Gasteiger partial charge in [-0.15, -0.1) is 0 Å². The minimum atomic E-state index is -1.03. The number of aliphatic carboxylic acids is 1. The van der Waals surface area contributed by atoms with E-state index < -0.39 is 11.9 Å². The summed E-state index contributed by atoms with van der Waals surface area (Å²) >= 11 is 0. The second-order valence-corrected chi connectivity index (χ2v) is 2.79. The molecule has 0 aromatic heterocycles. The molecule has 0 saturated carbocycles. The maximum absolute atomic E-state index is 10.8. The molecule has 0 amide bonds. The molecule has 0 unspecified atom stereocenters. The van der Waals surface area contributed by atoms with Crippen molar-refractivity contribution in [3.63, 3.8) is 0 Å². The van der Waals surface area contributed by atoms with Crippen molar-refractivity contribution >= 4 is 11.8 Å². The Balaban J connectivity index is 3.80. The van der Waals surface area contributed by atoms with Crippen LogP contribution in [0.2, 0.25) is 0 Å². The molecule has 0 fully saturated rings. The maximum atomic E-state index is 10.8. The fourth-order valence-electron chi connectivity index (χ4n) is 0.993. The summed E-state index contributed by atoms with van der Waals surface area (Å²) in [6, 6.07) is 0. The average molecular weight is 173 g/mol. The lowest BCUT2D eigenvalue weighted by Crippen LogP contribution is -2.21. The van der Waals surface area contributed by atoms with E-state index in [1.807, 2.05) is 0 Å². The summed E-state index contributed by atoms with van der Waals surface area (Å²) in [5, 5.41) is 8.59. The minimum Gasteiger partial charge on any atom is -0.481 e. The van der Waals surface area contributed by atoms with Gasteiger partial charge in [0.05, 0.1) is 0 Å². The van der Waals surface area contributed by atoms with E-state index in [0.717, 1.165) is 6.42 Å². The Morgan fingerprint density at radius 3 is 2.33 bits per heavy atom. The summed E-state index contributed by atoms with van der Waals surface area (Å²) in [6.45, 7) is 1.85. The van der Waals surface area contributed by atoms with Crippen LogP contribution in [-0.4, -0.2) is 23.4 Å². The first-order valence-corrected chi connectivity index (χ1v) is 4.03. The number of Topliss-reactive ketones (excluding diaryl/α,β-unsaturated/α-hetero) is 1. The van der Waals surface area contributed by atoms with Gasteiger partial charge < -0.3 is 10.8 Å². The Morgan fingerprint density at radius 2 is 2.00 bits per heavy atom. The number of carboxylic acid groups (broad SMARTS) is 1. The van der Waals surface area contributed by atoms with Gasteiger partial charge in [-0.05, 0) is 26.3 Å². The fourth-order valence-corrected chi connectivity index (χ4v) is 0.993. The van der Waals surface area contributed by atoms with E-state index in [0.29, 0.717) is 19.4 Å². The van der Waals surface area contributed by atoms with Crippen LogP contribution in [0.1, 0.15) is 26.2 Å². The van der Waals surface area contributed by atoms with Crippen LogP contribution < -0.4 is 5.73 Å².